The van der Waals surface area contributed by atoms with E-state index in [0.717, 1.165) is 10.4 Å². The molecular weight excluding hydrogens is 574 g/mol. The lowest BCUT2D eigenvalue weighted by Crippen LogP contribution is -2.57. The highest BCUT2D eigenvalue weighted by atomic mass is 32.1. The minimum atomic E-state index is -1.57. The van der Waals surface area contributed by atoms with E-state index in [1.54, 1.807) is 51.7 Å². The molecule has 11 heteroatoms. The molecule has 9 nitrogen and oxygen atoms in total. The van der Waals surface area contributed by atoms with Gasteiger partial charge in [0, 0.05) is 28.4 Å². The van der Waals surface area contributed by atoms with E-state index in [2.05, 4.69) is 30.7 Å². The quantitative estimate of drug-likeness (QED) is 0.303. The predicted molar refractivity (Wildman–Crippen MR) is 162 cm³/mol. The highest BCUT2D eigenvalue weighted by molar-refractivity contribution is 7.11. The summed E-state index contributed by atoms with van der Waals surface area (Å²) in [5, 5.41) is 2.38. The van der Waals surface area contributed by atoms with Gasteiger partial charge in [-0.25, -0.2) is 14.8 Å². The second kappa shape index (κ2) is 11.8. The molecular formula is C31H39N3O6S2. The van der Waals surface area contributed by atoms with E-state index in [1.807, 2.05) is 18.4 Å². The molecule has 226 valence electrons. The molecule has 0 N–H and O–H groups in total. The topological polar surface area (TPSA) is 108 Å². The van der Waals surface area contributed by atoms with Crippen LogP contribution in [0.15, 0.2) is 35.3 Å². The number of hydrogen-bond donors (Lipinski definition) is 0. The fraction of sp³-hybridized carbons (Fsp3) is 0.516. The Morgan fingerprint density at radius 3 is 2.33 bits per heavy atom. The Balaban J connectivity index is 1.99. The van der Waals surface area contributed by atoms with E-state index < -0.39 is 40.9 Å². The van der Waals surface area contributed by atoms with Crippen molar-refractivity contribution in [3.05, 3.63) is 62.0 Å². The van der Waals surface area contributed by atoms with Gasteiger partial charge in [0.2, 0.25) is 0 Å². The van der Waals surface area contributed by atoms with E-state index in [4.69, 9.17) is 14.2 Å². The number of amides is 1. The smallest absolute Gasteiger partial charge is 0.333 e. The number of nitrogens with zero attached hydrogens (tertiary/aromatic N) is 3. The number of thiazole rings is 2. The van der Waals surface area contributed by atoms with Crippen LogP contribution in [-0.2, 0) is 30.9 Å². The van der Waals surface area contributed by atoms with E-state index >= 15 is 0 Å². The fourth-order valence-electron chi connectivity index (χ4n) is 5.49. The van der Waals surface area contributed by atoms with Gasteiger partial charge in [-0.15, -0.1) is 22.7 Å². The first-order valence-electron chi connectivity index (χ1n) is 13.7. The summed E-state index contributed by atoms with van der Waals surface area (Å²) in [5.74, 6) is -1.90. The minimum absolute atomic E-state index is 0.0155. The Morgan fingerprint density at radius 1 is 1.10 bits per heavy atom. The zero-order valence-corrected chi connectivity index (χ0v) is 27.3. The number of likely N-dealkylation sites (tertiary alicyclic amines) is 1. The van der Waals surface area contributed by atoms with Crippen LogP contribution in [0.5, 0.6) is 5.75 Å². The highest BCUT2D eigenvalue weighted by Crippen LogP contribution is 2.51. The summed E-state index contributed by atoms with van der Waals surface area (Å²) < 4.78 is 17.0. The van der Waals surface area contributed by atoms with Gasteiger partial charge >= 0.3 is 11.9 Å². The summed E-state index contributed by atoms with van der Waals surface area (Å²) >= 11 is 2.77. The first kappa shape index (κ1) is 31.6. The lowest BCUT2D eigenvalue weighted by Gasteiger charge is -2.40. The SMILES string of the molecule is COC(=O)[C@H]1C[C@@](Cc2cscn2)(C(=O)OC(C)(C)C)N(C(=O)c2ccc(C(C)(C)C)c(OC)c2)[C@H]1c1ncc(C)s1. The average molecular weight is 614 g/mol. The van der Waals surface area contributed by atoms with Gasteiger partial charge in [-0.1, -0.05) is 26.8 Å². The van der Waals surface area contributed by atoms with Crippen molar-refractivity contribution < 1.29 is 28.6 Å². The van der Waals surface area contributed by atoms with Crippen LogP contribution in [0, 0.1) is 12.8 Å². The number of rotatable bonds is 7. The van der Waals surface area contributed by atoms with E-state index in [0.29, 0.717) is 22.0 Å². The molecule has 0 aliphatic carbocycles. The van der Waals surface area contributed by atoms with Crippen molar-refractivity contribution in [1.29, 1.82) is 0 Å². The molecule has 0 spiro atoms. The molecule has 1 aliphatic rings. The number of aryl methyl sites for hydroxylation is 1. The van der Waals surface area contributed by atoms with Crippen LogP contribution >= 0.6 is 22.7 Å². The molecule has 1 fully saturated rings. The molecule has 0 radical (unpaired) electrons. The Hall–Kier alpha value is -3.31. The summed E-state index contributed by atoms with van der Waals surface area (Å²) in [5.41, 5.74) is 0.881. The second-order valence-corrected chi connectivity index (χ2v) is 14.6. The molecule has 0 saturated carbocycles. The van der Waals surface area contributed by atoms with Crippen molar-refractivity contribution in [3.8, 4) is 5.75 Å². The monoisotopic (exact) mass is 613 g/mol. The van der Waals surface area contributed by atoms with Crippen LogP contribution in [0.25, 0.3) is 0 Å². The molecule has 3 aromatic rings. The van der Waals surface area contributed by atoms with Gasteiger partial charge in [0.15, 0.2) is 0 Å². The third-order valence-corrected chi connectivity index (χ3v) is 8.90. The predicted octanol–water partition coefficient (Wildman–Crippen LogP) is 5.91. The summed E-state index contributed by atoms with van der Waals surface area (Å²) in [4.78, 5) is 54.0. The van der Waals surface area contributed by atoms with Crippen molar-refractivity contribution in [2.75, 3.05) is 14.2 Å². The van der Waals surface area contributed by atoms with Crippen molar-refractivity contribution >= 4 is 40.5 Å². The van der Waals surface area contributed by atoms with Crippen LogP contribution < -0.4 is 4.74 Å². The van der Waals surface area contributed by atoms with E-state index in [1.165, 1.54) is 34.7 Å². The molecule has 1 saturated heterocycles. The van der Waals surface area contributed by atoms with Crippen molar-refractivity contribution in [1.82, 2.24) is 14.9 Å². The van der Waals surface area contributed by atoms with Gasteiger partial charge in [0.25, 0.3) is 5.91 Å². The normalized spacial score (nSPS) is 20.8. The van der Waals surface area contributed by atoms with Crippen LogP contribution in [-0.4, -0.2) is 58.1 Å². The number of methoxy groups -OCH3 is 2. The largest absolute Gasteiger partial charge is 0.496 e. The van der Waals surface area contributed by atoms with Crippen LogP contribution in [0.4, 0.5) is 0 Å². The first-order valence-corrected chi connectivity index (χ1v) is 15.5. The third kappa shape index (κ3) is 6.22. The highest BCUT2D eigenvalue weighted by Gasteiger charge is 2.63. The van der Waals surface area contributed by atoms with Gasteiger partial charge in [-0.2, -0.15) is 0 Å². The summed E-state index contributed by atoms with van der Waals surface area (Å²) in [6.07, 6.45) is 1.74. The molecule has 0 unspecified atom stereocenters. The maximum absolute atomic E-state index is 14.8. The van der Waals surface area contributed by atoms with Gasteiger partial charge in [0.1, 0.15) is 21.9 Å². The zero-order valence-electron chi connectivity index (χ0n) is 25.6. The van der Waals surface area contributed by atoms with Crippen LogP contribution in [0.3, 0.4) is 0 Å². The van der Waals surface area contributed by atoms with E-state index in [9.17, 15) is 14.4 Å². The molecule has 2 aromatic heterocycles. The van der Waals surface area contributed by atoms with Gasteiger partial charge in [-0.05, 0) is 57.2 Å². The molecule has 1 amide bonds. The van der Waals surface area contributed by atoms with Gasteiger partial charge in [0.05, 0.1) is 37.4 Å². The summed E-state index contributed by atoms with van der Waals surface area (Å²) in [6.45, 7) is 13.4. The zero-order chi connectivity index (χ0) is 31.0. The minimum Gasteiger partial charge on any atom is -0.496 e. The van der Waals surface area contributed by atoms with Crippen molar-refractivity contribution in [3.63, 3.8) is 0 Å². The third-order valence-electron chi connectivity index (χ3n) is 7.29. The summed E-state index contributed by atoms with van der Waals surface area (Å²) in [7, 11) is 2.87. The Bertz CT molecular complexity index is 1450. The summed E-state index contributed by atoms with van der Waals surface area (Å²) in [6, 6.07) is 4.44. The number of aromatic nitrogens is 2. The Labute approximate surface area is 255 Å². The molecule has 4 rings (SSSR count). The Kier molecular flexibility index (Phi) is 8.85. The number of carbonyl (C=O) groups excluding carboxylic acids is 3. The average Bonchev–Trinajstić information content (AvgIpc) is 3.65. The maximum Gasteiger partial charge on any atom is 0.333 e. The number of carbonyl (C=O) groups is 3. The number of esters is 2. The molecule has 42 heavy (non-hydrogen) atoms. The standard InChI is InChI=1S/C31H39N3O6S2/c1-18-15-32-25(42-18)24-21(27(36)39-9)14-31(13-20-16-41-17-33-20,28(37)40-30(5,6)7)34(24)26(35)19-10-11-22(29(2,3)4)23(12-19)38-8/h10-12,15-17,21,24H,13-14H2,1-9H3/t21-,24+,31-/m0/s1. The van der Waals surface area contributed by atoms with Gasteiger partial charge in [-0.3, -0.25) is 9.59 Å². The van der Waals surface area contributed by atoms with E-state index in [-0.39, 0.29) is 18.3 Å². The molecule has 0 bridgehead atoms. The van der Waals surface area contributed by atoms with Crippen molar-refractivity contribution in [2.45, 2.75) is 83.9 Å². The Morgan fingerprint density at radius 2 is 1.81 bits per heavy atom. The lowest BCUT2D eigenvalue weighted by molar-refractivity contribution is -0.167. The number of benzene rings is 1. The number of ether oxygens (including phenoxy) is 3. The van der Waals surface area contributed by atoms with Crippen molar-refractivity contribution in [2.24, 2.45) is 5.92 Å². The first-order chi connectivity index (χ1) is 19.6. The fourth-order valence-corrected chi connectivity index (χ4v) is 6.98. The molecule has 3 heterocycles. The molecule has 3 atom stereocenters. The van der Waals surface area contributed by atoms with Crippen LogP contribution in [0.1, 0.15) is 85.5 Å². The number of hydrogen-bond acceptors (Lipinski definition) is 10. The van der Waals surface area contributed by atoms with Crippen LogP contribution in [0.2, 0.25) is 0 Å². The lowest BCUT2D eigenvalue weighted by atomic mass is 9.85. The van der Waals surface area contributed by atoms with Gasteiger partial charge < -0.3 is 19.1 Å². The molecule has 1 aromatic carbocycles. The maximum atomic E-state index is 14.8. The second-order valence-electron chi connectivity index (χ2n) is 12.6. The molecule has 1 aliphatic heterocycles.